The first kappa shape index (κ1) is 11.7. The van der Waals surface area contributed by atoms with Crippen molar-refractivity contribution in [1.29, 1.82) is 0 Å². The van der Waals surface area contributed by atoms with Crippen LogP contribution in [0.15, 0.2) is 24.3 Å². The highest BCUT2D eigenvalue weighted by atomic mass is 16.1. The quantitative estimate of drug-likeness (QED) is 0.545. The predicted molar refractivity (Wildman–Crippen MR) is 63.2 cm³/mol. The van der Waals surface area contributed by atoms with Gasteiger partial charge >= 0.3 is 0 Å². The summed E-state index contributed by atoms with van der Waals surface area (Å²) in [5.41, 5.74) is 1.76. The Kier molecular flexibility index (Phi) is 4.31. The molecule has 0 bridgehead atoms. The maximum Gasteiger partial charge on any atom is 0.150 e. The van der Waals surface area contributed by atoms with Crippen molar-refractivity contribution < 1.29 is 4.79 Å². The van der Waals surface area contributed by atoms with Crippen LogP contribution in [0.1, 0.15) is 24.2 Å². The Morgan fingerprint density at radius 2 is 1.93 bits per heavy atom. The minimum atomic E-state index is 0.714. The molecule has 0 N–H and O–H groups in total. The summed E-state index contributed by atoms with van der Waals surface area (Å²) in [7, 11) is 2.01. The van der Waals surface area contributed by atoms with Crippen molar-refractivity contribution in [3.8, 4) is 0 Å². The zero-order valence-electron chi connectivity index (χ0n) is 9.60. The maximum absolute atomic E-state index is 10.7. The fourth-order valence-electron chi connectivity index (χ4n) is 1.61. The average Bonchev–Trinajstić information content (AvgIpc) is 2.30. The van der Waals surface area contributed by atoms with Gasteiger partial charge in [-0.15, -0.1) is 0 Å². The first-order valence-corrected chi connectivity index (χ1v) is 5.26. The van der Waals surface area contributed by atoms with Gasteiger partial charge in [-0.25, -0.2) is 5.01 Å². The molecule has 0 atom stereocenters. The fraction of sp³-hybridized carbons (Fsp3) is 0.417. The van der Waals surface area contributed by atoms with Crippen LogP contribution in [0.4, 0.5) is 5.69 Å². The molecule has 1 aromatic carbocycles. The highest BCUT2D eigenvalue weighted by Gasteiger charge is 2.07. The third-order valence-corrected chi connectivity index (χ3v) is 2.53. The van der Waals surface area contributed by atoms with Crippen LogP contribution >= 0.6 is 0 Å². The lowest BCUT2D eigenvalue weighted by Crippen LogP contribution is -2.39. The summed E-state index contributed by atoms with van der Waals surface area (Å²) < 4.78 is 0. The normalized spacial score (nSPS) is 10.4. The second-order valence-corrected chi connectivity index (χ2v) is 3.38. The van der Waals surface area contributed by atoms with Gasteiger partial charge in [0.1, 0.15) is 6.29 Å². The summed E-state index contributed by atoms with van der Waals surface area (Å²) in [6, 6.07) is 7.61. The van der Waals surface area contributed by atoms with E-state index in [9.17, 15) is 4.79 Å². The van der Waals surface area contributed by atoms with E-state index in [1.165, 1.54) is 0 Å². The molecule has 15 heavy (non-hydrogen) atoms. The SMILES string of the molecule is CCN(CC)N(C)c1cccc(C=O)c1. The molecule has 0 heterocycles. The molecule has 0 amide bonds. The number of carbonyl (C=O) groups is 1. The van der Waals surface area contributed by atoms with Crippen molar-refractivity contribution in [2.75, 3.05) is 25.1 Å². The van der Waals surface area contributed by atoms with Crippen LogP contribution in [-0.2, 0) is 0 Å². The van der Waals surface area contributed by atoms with Gasteiger partial charge < -0.3 is 5.01 Å². The second kappa shape index (κ2) is 5.51. The molecule has 3 nitrogen and oxygen atoms in total. The number of hydrogen-bond acceptors (Lipinski definition) is 3. The van der Waals surface area contributed by atoms with Crippen LogP contribution in [0.2, 0.25) is 0 Å². The number of rotatable bonds is 5. The van der Waals surface area contributed by atoms with Crippen molar-refractivity contribution in [1.82, 2.24) is 5.01 Å². The zero-order valence-corrected chi connectivity index (χ0v) is 9.60. The summed E-state index contributed by atoms with van der Waals surface area (Å²) in [4.78, 5) is 10.7. The van der Waals surface area contributed by atoms with E-state index in [2.05, 4.69) is 23.9 Å². The Hall–Kier alpha value is -1.35. The summed E-state index contributed by atoms with van der Waals surface area (Å²) in [6.45, 7) is 6.14. The van der Waals surface area contributed by atoms with Gasteiger partial charge in [0.25, 0.3) is 0 Å². The molecule has 0 aliphatic carbocycles. The van der Waals surface area contributed by atoms with Crippen LogP contribution in [0.25, 0.3) is 0 Å². The lowest BCUT2D eigenvalue weighted by Gasteiger charge is -2.31. The predicted octanol–water partition coefficient (Wildman–Crippen LogP) is 2.19. The maximum atomic E-state index is 10.7. The standard InChI is InChI=1S/C12H18N2O/c1-4-14(5-2)13(3)12-8-6-7-11(9-12)10-15/h6-10H,4-5H2,1-3H3. The van der Waals surface area contributed by atoms with Gasteiger partial charge in [-0.1, -0.05) is 26.0 Å². The van der Waals surface area contributed by atoms with Gasteiger partial charge in [-0.3, -0.25) is 4.79 Å². The molecule has 1 aromatic rings. The summed E-state index contributed by atoms with van der Waals surface area (Å²) in [5.74, 6) is 0. The van der Waals surface area contributed by atoms with E-state index in [1.54, 1.807) is 0 Å². The molecule has 0 aliphatic heterocycles. The van der Waals surface area contributed by atoms with Gasteiger partial charge in [-0.2, -0.15) is 0 Å². The lowest BCUT2D eigenvalue weighted by molar-refractivity contribution is 0.112. The van der Waals surface area contributed by atoms with E-state index in [1.807, 2.05) is 31.3 Å². The fourth-order valence-corrected chi connectivity index (χ4v) is 1.61. The number of carbonyl (C=O) groups excluding carboxylic acids is 1. The van der Waals surface area contributed by atoms with Crippen molar-refractivity contribution in [2.45, 2.75) is 13.8 Å². The molecule has 82 valence electrons. The van der Waals surface area contributed by atoms with Gasteiger partial charge in [-0.05, 0) is 12.1 Å². The number of aldehydes is 1. The van der Waals surface area contributed by atoms with Crippen LogP contribution in [0, 0.1) is 0 Å². The number of anilines is 1. The van der Waals surface area contributed by atoms with Crippen molar-refractivity contribution in [3.05, 3.63) is 29.8 Å². The molecule has 0 aromatic heterocycles. The minimum Gasteiger partial charge on any atom is -0.309 e. The molecule has 0 spiro atoms. The minimum absolute atomic E-state index is 0.714. The molecule has 0 radical (unpaired) electrons. The molecule has 0 aliphatic rings. The third kappa shape index (κ3) is 2.80. The molecular formula is C12H18N2O. The van der Waals surface area contributed by atoms with Crippen LogP contribution in [0.3, 0.4) is 0 Å². The highest BCUT2D eigenvalue weighted by molar-refractivity contribution is 5.76. The number of hydrogen-bond donors (Lipinski definition) is 0. The second-order valence-electron chi connectivity index (χ2n) is 3.38. The van der Waals surface area contributed by atoms with Gasteiger partial charge in [0, 0.05) is 25.7 Å². The Balaban J connectivity index is 2.89. The largest absolute Gasteiger partial charge is 0.309 e. The molecule has 0 unspecified atom stereocenters. The summed E-state index contributed by atoms with van der Waals surface area (Å²) >= 11 is 0. The van der Waals surface area contributed by atoms with Gasteiger partial charge in [0.15, 0.2) is 0 Å². The third-order valence-electron chi connectivity index (χ3n) is 2.53. The van der Waals surface area contributed by atoms with Crippen LogP contribution < -0.4 is 5.01 Å². The van der Waals surface area contributed by atoms with Gasteiger partial charge in [0.05, 0.1) is 5.69 Å². The monoisotopic (exact) mass is 206 g/mol. The zero-order chi connectivity index (χ0) is 11.3. The Labute approximate surface area is 91.3 Å². The Morgan fingerprint density at radius 1 is 1.27 bits per heavy atom. The highest BCUT2D eigenvalue weighted by Crippen LogP contribution is 2.15. The molecular weight excluding hydrogens is 188 g/mol. The lowest BCUT2D eigenvalue weighted by atomic mass is 10.2. The van der Waals surface area contributed by atoms with E-state index in [0.29, 0.717) is 5.56 Å². The van der Waals surface area contributed by atoms with Crippen molar-refractivity contribution in [2.24, 2.45) is 0 Å². The number of benzene rings is 1. The first-order valence-electron chi connectivity index (χ1n) is 5.26. The molecule has 0 saturated carbocycles. The number of hydrazine groups is 1. The molecule has 3 heteroatoms. The molecule has 0 saturated heterocycles. The van der Waals surface area contributed by atoms with Crippen LogP contribution in [-0.4, -0.2) is 31.4 Å². The Bertz CT molecular complexity index is 321. The summed E-state index contributed by atoms with van der Waals surface area (Å²) in [5, 5.41) is 4.27. The average molecular weight is 206 g/mol. The summed E-state index contributed by atoms with van der Waals surface area (Å²) in [6.07, 6.45) is 0.875. The Morgan fingerprint density at radius 3 is 2.47 bits per heavy atom. The van der Waals surface area contributed by atoms with Crippen molar-refractivity contribution >= 4 is 12.0 Å². The molecule has 1 rings (SSSR count). The topological polar surface area (TPSA) is 23.6 Å². The smallest absolute Gasteiger partial charge is 0.150 e. The van der Waals surface area contributed by atoms with E-state index < -0.39 is 0 Å². The van der Waals surface area contributed by atoms with Crippen LogP contribution in [0.5, 0.6) is 0 Å². The van der Waals surface area contributed by atoms with E-state index in [4.69, 9.17) is 0 Å². The van der Waals surface area contributed by atoms with E-state index in [-0.39, 0.29) is 0 Å². The van der Waals surface area contributed by atoms with Crippen molar-refractivity contribution in [3.63, 3.8) is 0 Å². The molecule has 0 fully saturated rings. The number of nitrogens with zero attached hydrogens (tertiary/aromatic N) is 2. The van der Waals surface area contributed by atoms with E-state index in [0.717, 1.165) is 25.1 Å². The first-order chi connectivity index (χ1) is 7.22. The van der Waals surface area contributed by atoms with Gasteiger partial charge in [0.2, 0.25) is 0 Å². The van der Waals surface area contributed by atoms with E-state index >= 15 is 0 Å².